The molecular weight excluding hydrogens is 554 g/mol. The van der Waals surface area contributed by atoms with Crippen molar-refractivity contribution >= 4 is 40.9 Å². The highest BCUT2D eigenvalue weighted by Crippen LogP contribution is 2.37. The monoisotopic (exact) mass is 583 g/mol. The van der Waals surface area contributed by atoms with Gasteiger partial charge in [-0.2, -0.15) is 0 Å². The molecule has 1 aliphatic heterocycles. The van der Waals surface area contributed by atoms with Crippen molar-refractivity contribution in [2.75, 3.05) is 24.9 Å². The Labute approximate surface area is 247 Å². The topological polar surface area (TPSA) is 110 Å². The van der Waals surface area contributed by atoms with Crippen LogP contribution in [0.5, 0.6) is 11.5 Å². The van der Waals surface area contributed by atoms with Crippen LogP contribution in [0.2, 0.25) is 0 Å². The first-order valence-electron chi connectivity index (χ1n) is 13.1. The van der Waals surface area contributed by atoms with E-state index in [4.69, 9.17) is 13.9 Å². The van der Waals surface area contributed by atoms with E-state index in [1.165, 1.54) is 37.1 Å². The molecule has 0 saturated heterocycles. The van der Waals surface area contributed by atoms with E-state index in [-0.39, 0.29) is 23.1 Å². The number of furan rings is 1. The molecule has 1 aromatic heterocycles. The number of rotatable bonds is 10. The van der Waals surface area contributed by atoms with Gasteiger partial charge in [0.15, 0.2) is 0 Å². The number of anilines is 2. The molecule has 0 saturated carbocycles. The Morgan fingerprint density at radius 3 is 2.31 bits per heavy atom. The van der Waals surface area contributed by atoms with E-state index in [0.717, 1.165) is 11.1 Å². The Morgan fingerprint density at radius 2 is 1.64 bits per heavy atom. The molecule has 0 aliphatic carbocycles. The Balaban J connectivity index is 1.37. The number of hydrogen-bond donors (Lipinski definition) is 2. The third-order valence-corrected chi connectivity index (χ3v) is 7.87. The van der Waals surface area contributed by atoms with Crippen LogP contribution in [0, 0.1) is 13.8 Å². The summed E-state index contributed by atoms with van der Waals surface area (Å²) in [6.07, 6.45) is 1.50. The molecule has 4 aromatic rings. The average molecular weight is 584 g/mol. The quantitative estimate of drug-likeness (QED) is 0.214. The van der Waals surface area contributed by atoms with Crippen molar-refractivity contribution in [2.24, 2.45) is 0 Å². The van der Waals surface area contributed by atoms with Gasteiger partial charge in [-0.3, -0.25) is 19.3 Å². The molecule has 42 heavy (non-hydrogen) atoms. The zero-order valence-corrected chi connectivity index (χ0v) is 24.3. The van der Waals surface area contributed by atoms with Crippen molar-refractivity contribution in [3.05, 3.63) is 112 Å². The van der Waals surface area contributed by atoms with E-state index in [0.29, 0.717) is 39.1 Å². The van der Waals surface area contributed by atoms with Crippen LogP contribution in [0.3, 0.4) is 0 Å². The number of carbonyl (C=O) groups is 3. The summed E-state index contributed by atoms with van der Waals surface area (Å²) in [6, 6.07) is 21.2. The number of imide groups is 1. The van der Waals surface area contributed by atoms with Gasteiger partial charge in [0.25, 0.3) is 17.7 Å². The maximum Gasteiger partial charge on any atom is 0.278 e. The third-order valence-electron chi connectivity index (χ3n) is 6.78. The van der Waals surface area contributed by atoms with E-state index >= 15 is 0 Å². The van der Waals surface area contributed by atoms with Gasteiger partial charge in [0.2, 0.25) is 0 Å². The minimum Gasteiger partial charge on any atom is -0.497 e. The van der Waals surface area contributed by atoms with Crippen LogP contribution < -0.4 is 20.1 Å². The molecule has 0 unspecified atom stereocenters. The summed E-state index contributed by atoms with van der Waals surface area (Å²) in [5.74, 6) is 0.266. The van der Waals surface area contributed by atoms with Crippen molar-refractivity contribution in [1.29, 1.82) is 0 Å². The van der Waals surface area contributed by atoms with Gasteiger partial charge < -0.3 is 24.5 Å². The lowest BCUT2D eigenvalue weighted by Gasteiger charge is -2.14. The van der Waals surface area contributed by atoms with Crippen molar-refractivity contribution in [2.45, 2.75) is 25.3 Å². The van der Waals surface area contributed by atoms with Gasteiger partial charge in [-0.05, 0) is 85.6 Å². The van der Waals surface area contributed by atoms with Crippen LogP contribution in [0.15, 0.2) is 99.0 Å². The molecule has 0 fully saturated rings. The van der Waals surface area contributed by atoms with Crippen molar-refractivity contribution in [3.63, 3.8) is 0 Å². The summed E-state index contributed by atoms with van der Waals surface area (Å²) in [7, 11) is 3.03. The number of methoxy groups -OCH3 is 2. The minimum atomic E-state index is -0.436. The first-order chi connectivity index (χ1) is 20.3. The summed E-state index contributed by atoms with van der Waals surface area (Å²) in [6.45, 7) is 4.02. The molecule has 2 heterocycles. The Kier molecular flexibility index (Phi) is 8.35. The summed E-state index contributed by atoms with van der Waals surface area (Å²) in [5.41, 5.74) is 4.00. The van der Waals surface area contributed by atoms with Crippen LogP contribution in [-0.2, 0) is 16.1 Å². The summed E-state index contributed by atoms with van der Waals surface area (Å²) in [5, 5.41) is 6.04. The van der Waals surface area contributed by atoms with Crippen LogP contribution in [-0.4, -0.2) is 36.8 Å². The van der Waals surface area contributed by atoms with Crippen molar-refractivity contribution in [1.82, 2.24) is 4.90 Å². The van der Waals surface area contributed by atoms with E-state index < -0.39 is 11.8 Å². The Morgan fingerprint density at radius 1 is 0.881 bits per heavy atom. The van der Waals surface area contributed by atoms with Crippen LogP contribution in [0.4, 0.5) is 11.4 Å². The van der Waals surface area contributed by atoms with Gasteiger partial charge >= 0.3 is 0 Å². The van der Waals surface area contributed by atoms with Gasteiger partial charge in [0, 0.05) is 22.3 Å². The predicted octanol–water partition coefficient (Wildman–Crippen LogP) is 6.15. The zero-order valence-electron chi connectivity index (χ0n) is 23.5. The second-order valence-corrected chi connectivity index (χ2v) is 10.6. The van der Waals surface area contributed by atoms with Crippen LogP contribution >= 0.6 is 11.8 Å². The molecule has 9 nitrogen and oxygen atoms in total. The predicted molar refractivity (Wildman–Crippen MR) is 161 cm³/mol. The average Bonchev–Trinajstić information content (AvgIpc) is 3.59. The Bertz CT molecular complexity index is 1680. The van der Waals surface area contributed by atoms with Gasteiger partial charge in [0.1, 0.15) is 27.9 Å². The number of thioether (sulfide) groups is 1. The number of ether oxygens (including phenoxy) is 2. The first kappa shape index (κ1) is 28.6. The second kappa shape index (κ2) is 12.3. The van der Waals surface area contributed by atoms with Gasteiger partial charge in [-0.1, -0.05) is 17.8 Å². The second-order valence-electron chi connectivity index (χ2n) is 9.55. The highest BCUT2D eigenvalue weighted by Gasteiger charge is 2.39. The van der Waals surface area contributed by atoms with E-state index in [1.54, 1.807) is 54.6 Å². The van der Waals surface area contributed by atoms with E-state index in [1.807, 2.05) is 32.0 Å². The number of carbonyl (C=O) groups excluding carboxylic acids is 3. The molecule has 5 rings (SSSR count). The van der Waals surface area contributed by atoms with Crippen molar-refractivity contribution in [3.8, 4) is 11.5 Å². The molecule has 0 bridgehead atoms. The molecule has 2 N–H and O–H groups in total. The molecule has 0 spiro atoms. The summed E-state index contributed by atoms with van der Waals surface area (Å²) < 4.78 is 15.9. The molecular formula is C32H29N3O6S. The standard InChI is InChI=1S/C32H29N3O6S/c1-19-7-8-22(16-20(19)2)33-28-29(32(38)35(31(28)37)18-24-6-5-15-41-24)42-25-12-9-21(10-13-25)34-30(36)26-14-11-23(39-3)17-27(26)40-4/h5-17,33H,18H2,1-4H3,(H,34,36). The molecule has 0 radical (unpaired) electrons. The SMILES string of the molecule is COc1ccc(C(=O)Nc2ccc(SC3=C(Nc4ccc(C)c(C)c4)C(=O)N(Cc4ccco4)C3=O)cc2)c(OC)c1. The third kappa shape index (κ3) is 6.03. The van der Waals surface area contributed by atoms with Crippen LogP contribution in [0.25, 0.3) is 0 Å². The largest absolute Gasteiger partial charge is 0.497 e. The number of aryl methyl sites for hydroxylation is 2. The highest BCUT2D eigenvalue weighted by atomic mass is 32.2. The molecule has 10 heteroatoms. The molecule has 214 valence electrons. The molecule has 0 atom stereocenters. The van der Waals surface area contributed by atoms with Gasteiger partial charge in [-0.15, -0.1) is 0 Å². The maximum atomic E-state index is 13.5. The first-order valence-corrected chi connectivity index (χ1v) is 13.9. The maximum absolute atomic E-state index is 13.5. The zero-order chi connectivity index (χ0) is 29.8. The molecule has 1 aliphatic rings. The van der Waals surface area contributed by atoms with Gasteiger partial charge in [0.05, 0.1) is 32.6 Å². The van der Waals surface area contributed by atoms with E-state index in [2.05, 4.69) is 10.6 Å². The summed E-state index contributed by atoms with van der Waals surface area (Å²) >= 11 is 1.18. The molecule has 3 aromatic carbocycles. The fourth-order valence-corrected chi connectivity index (χ4v) is 5.28. The highest BCUT2D eigenvalue weighted by molar-refractivity contribution is 8.04. The van der Waals surface area contributed by atoms with Gasteiger partial charge in [-0.25, -0.2) is 0 Å². The fraction of sp³-hybridized carbons (Fsp3) is 0.156. The Hall–Kier alpha value is -4.96. The number of benzene rings is 3. The van der Waals surface area contributed by atoms with Crippen molar-refractivity contribution < 1.29 is 28.3 Å². The minimum absolute atomic E-state index is 0.0205. The fourth-order valence-electron chi connectivity index (χ4n) is 4.33. The lowest BCUT2D eigenvalue weighted by molar-refractivity contribution is -0.138. The molecule has 3 amide bonds. The number of nitrogens with one attached hydrogen (secondary N) is 2. The summed E-state index contributed by atoms with van der Waals surface area (Å²) in [4.78, 5) is 42.0. The number of hydrogen-bond acceptors (Lipinski definition) is 8. The number of nitrogens with zero attached hydrogens (tertiary/aromatic N) is 1. The lowest BCUT2D eigenvalue weighted by atomic mass is 10.1. The lowest BCUT2D eigenvalue weighted by Crippen LogP contribution is -2.31. The van der Waals surface area contributed by atoms with E-state index in [9.17, 15) is 14.4 Å². The normalized spacial score (nSPS) is 13.0. The smallest absolute Gasteiger partial charge is 0.278 e. The number of amides is 3. The van der Waals surface area contributed by atoms with Crippen LogP contribution in [0.1, 0.15) is 27.2 Å².